The van der Waals surface area contributed by atoms with E-state index in [2.05, 4.69) is 16.0 Å². The van der Waals surface area contributed by atoms with Crippen LogP contribution in [0.25, 0.3) is 22.0 Å². The van der Waals surface area contributed by atoms with Gasteiger partial charge in [-0.15, -0.1) is 11.3 Å². The lowest BCUT2D eigenvalue weighted by Gasteiger charge is -1.97. The molecule has 0 aliphatic heterocycles. The molecule has 0 spiro atoms. The zero-order valence-corrected chi connectivity index (χ0v) is 12.2. The van der Waals surface area contributed by atoms with E-state index < -0.39 is 5.91 Å². The predicted octanol–water partition coefficient (Wildman–Crippen LogP) is 2.90. The Morgan fingerprint density at radius 1 is 1.33 bits per heavy atom. The summed E-state index contributed by atoms with van der Waals surface area (Å²) in [4.78, 5) is 20.3. The number of hydrogen-bond donors (Lipinski definition) is 1. The fourth-order valence-electron chi connectivity index (χ4n) is 1.77. The molecule has 7 heteroatoms. The van der Waals surface area contributed by atoms with E-state index >= 15 is 0 Å². The minimum atomic E-state index is -0.523. The lowest BCUT2D eigenvalue weighted by atomic mass is 10.2. The number of rotatable bonds is 3. The maximum Gasteiger partial charge on any atom is 0.250 e. The minimum Gasteiger partial charge on any atom is -0.366 e. The smallest absolute Gasteiger partial charge is 0.250 e. The number of thiazole rings is 1. The molecule has 0 unspecified atom stereocenters. The SMILES string of the molecule is N#Cc1sc(-c2ccc(C(N)=O)cn2)nc1-c1ccsc1. The lowest BCUT2D eigenvalue weighted by molar-refractivity contribution is 0.1000. The fourth-order valence-corrected chi connectivity index (χ4v) is 3.27. The molecule has 5 nitrogen and oxygen atoms in total. The number of primary amides is 1. The van der Waals surface area contributed by atoms with Gasteiger partial charge in [-0.25, -0.2) is 4.98 Å². The van der Waals surface area contributed by atoms with E-state index in [9.17, 15) is 10.1 Å². The Kier molecular flexibility index (Phi) is 3.48. The third kappa shape index (κ3) is 2.54. The van der Waals surface area contributed by atoms with Crippen molar-refractivity contribution < 1.29 is 4.79 Å². The van der Waals surface area contributed by atoms with Crippen molar-refractivity contribution in [1.29, 1.82) is 5.26 Å². The topological polar surface area (TPSA) is 92.7 Å². The molecule has 0 radical (unpaired) electrons. The molecule has 3 aromatic heterocycles. The normalized spacial score (nSPS) is 10.2. The lowest BCUT2D eigenvalue weighted by Crippen LogP contribution is -2.10. The van der Waals surface area contributed by atoms with Crippen molar-refractivity contribution in [2.45, 2.75) is 0 Å². The summed E-state index contributed by atoms with van der Waals surface area (Å²) in [7, 11) is 0. The molecule has 0 bridgehead atoms. The van der Waals surface area contributed by atoms with Crippen LogP contribution < -0.4 is 5.73 Å². The molecule has 0 atom stereocenters. The number of hydrogen-bond acceptors (Lipinski definition) is 6. The second-order valence-electron chi connectivity index (χ2n) is 4.12. The van der Waals surface area contributed by atoms with Gasteiger partial charge in [-0.1, -0.05) is 0 Å². The number of carbonyl (C=O) groups excluding carboxylic acids is 1. The van der Waals surface area contributed by atoms with Gasteiger partial charge >= 0.3 is 0 Å². The molecule has 1 amide bonds. The molecule has 21 heavy (non-hydrogen) atoms. The minimum absolute atomic E-state index is 0.342. The van der Waals surface area contributed by atoms with E-state index in [1.54, 1.807) is 23.5 Å². The number of pyridine rings is 1. The van der Waals surface area contributed by atoms with Gasteiger partial charge in [-0.05, 0) is 23.6 Å². The average molecular weight is 312 g/mol. The maximum atomic E-state index is 11.0. The highest BCUT2D eigenvalue weighted by Crippen LogP contribution is 2.33. The van der Waals surface area contributed by atoms with Gasteiger partial charge < -0.3 is 5.73 Å². The molecule has 2 N–H and O–H groups in total. The summed E-state index contributed by atoms with van der Waals surface area (Å²) in [5, 5.41) is 13.8. The summed E-state index contributed by atoms with van der Waals surface area (Å²) >= 11 is 2.83. The molecular weight excluding hydrogens is 304 g/mol. The van der Waals surface area contributed by atoms with E-state index in [4.69, 9.17) is 5.73 Å². The van der Waals surface area contributed by atoms with E-state index in [1.807, 2.05) is 16.8 Å². The first-order valence-corrected chi connectivity index (χ1v) is 7.64. The first-order chi connectivity index (χ1) is 10.2. The predicted molar refractivity (Wildman–Crippen MR) is 81.9 cm³/mol. The van der Waals surface area contributed by atoms with Gasteiger partial charge in [0.05, 0.1) is 11.3 Å². The third-order valence-electron chi connectivity index (χ3n) is 2.79. The van der Waals surface area contributed by atoms with Crippen molar-refractivity contribution in [3.8, 4) is 28.0 Å². The van der Waals surface area contributed by atoms with Crippen LogP contribution in [0.1, 0.15) is 15.2 Å². The quantitative estimate of drug-likeness (QED) is 0.804. The summed E-state index contributed by atoms with van der Waals surface area (Å²) in [6.07, 6.45) is 1.41. The molecule has 102 valence electrons. The van der Waals surface area contributed by atoms with E-state index in [-0.39, 0.29) is 0 Å². The Bertz CT molecular complexity index is 829. The summed E-state index contributed by atoms with van der Waals surface area (Å²) in [6.45, 7) is 0. The van der Waals surface area contributed by atoms with Crippen LogP contribution in [0.5, 0.6) is 0 Å². The first-order valence-electron chi connectivity index (χ1n) is 5.89. The molecule has 3 heterocycles. The van der Waals surface area contributed by atoms with Gasteiger partial charge in [0.1, 0.15) is 21.6 Å². The largest absolute Gasteiger partial charge is 0.366 e. The van der Waals surface area contributed by atoms with Crippen molar-refractivity contribution in [2.24, 2.45) is 5.73 Å². The number of nitriles is 1. The Morgan fingerprint density at radius 3 is 2.76 bits per heavy atom. The van der Waals surface area contributed by atoms with E-state index in [1.165, 1.54) is 17.5 Å². The van der Waals surface area contributed by atoms with Gasteiger partial charge in [0.2, 0.25) is 5.91 Å². The Balaban J connectivity index is 2.04. The van der Waals surface area contributed by atoms with E-state index in [0.717, 1.165) is 5.56 Å². The fraction of sp³-hybridized carbons (Fsp3) is 0. The molecule has 3 aromatic rings. The molecule has 0 fully saturated rings. The van der Waals surface area contributed by atoms with Crippen LogP contribution in [0.4, 0.5) is 0 Å². The highest BCUT2D eigenvalue weighted by atomic mass is 32.1. The molecule has 0 aliphatic carbocycles. The van der Waals surface area contributed by atoms with Crippen molar-refractivity contribution in [3.63, 3.8) is 0 Å². The van der Waals surface area contributed by atoms with Gasteiger partial charge in [-0.2, -0.15) is 16.6 Å². The molecule has 0 aromatic carbocycles. The summed E-state index contributed by atoms with van der Waals surface area (Å²) in [5.41, 5.74) is 7.73. The van der Waals surface area contributed by atoms with Crippen LogP contribution in [-0.4, -0.2) is 15.9 Å². The van der Waals surface area contributed by atoms with Crippen LogP contribution in [0.3, 0.4) is 0 Å². The summed E-state index contributed by atoms with van der Waals surface area (Å²) in [6, 6.07) is 7.36. The zero-order valence-electron chi connectivity index (χ0n) is 10.6. The Hall–Kier alpha value is -2.56. The second-order valence-corrected chi connectivity index (χ2v) is 5.90. The molecule has 0 saturated carbocycles. The number of amides is 1. The monoisotopic (exact) mass is 312 g/mol. The van der Waals surface area contributed by atoms with Gasteiger partial charge in [0.25, 0.3) is 0 Å². The van der Waals surface area contributed by atoms with Gasteiger partial charge in [0.15, 0.2) is 0 Å². The van der Waals surface area contributed by atoms with Crippen LogP contribution >= 0.6 is 22.7 Å². The van der Waals surface area contributed by atoms with Crippen LogP contribution in [0, 0.1) is 11.3 Å². The molecule has 0 aliphatic rings. The van der Waals surface area contributed by atoms with Crippen LogP contribution in [-0.2, 0) is 0 Å². The zero-order chi connectivity index (χ0) is 14.8. The Morgan fingerprint density at radius 2 is 2.19 bits per heavy atom. The third-order valence-corrected chi connectivity index (χ3v) is 4.46. The highest BCUT2D eigenvalue weighted by molar-refractivity contribution is 7.16. The highest BCUT2D eigenvalue weighted by Gasteiger charge is 2.15. The number of thiophene rings is 1. The average Bonchev–Trinajstić information content (AvgIpc) is 3.16. The van der Waals surface area contributed by atoms with Crippen molar-refractivity contribution in [2.75, 3.05) is 0 Å². The maximum absolute atomic E-state index is 11.0. The number of carbonyl (C=O) groups is 1. The van der Waals surface area contributed by atoms with E-state index in [0.29, 0.717) is 26.8 Å². The number of nitrogens with zero attached hydrogens (tertiary/aromatic N) is 3. The summed E-state index contributed by atoms with van der Waals surface area (Å²) in [5.74, 6) is -0.523. The molecular formula is C14H8N4OS2. The van der Waals surface area contributed by atoms with Crippen molar-refractivity contribution >= 4 is 28.6 Å². The standard InChI is InChI=1S/C14H8N4OS2/c15-5-11-12(9-3-4-20-7-9)18-14(21-11)10-2-1-8(6-17-10)13(16)19/h1-4,6-7H,(H2,16,19). The first kappa shape index (κ1) is 13.4. The van der Waals surface area contributed by atoms with Crippen molar-refractivity contribution in [3.05, 3.63) is 45.6 Å². The molecule has 3 rings (SSSR count). The molecule has 0 saturated heterocycles. The van der Waals surface area contributed by atoms with Gasteiger partial charge in [0, 0.05) is 17.1 Å². The second kappa shape index (κ2) is 5.44. The number of nitrogens with two attached hydrogens (primary N) is 1. The Labute approximate surface area is 128 Å². The summed E-state index contributed by atoms with van der Waals surface area (Å²) < 4.78 is 0. The van der Waals surface area contributed by atoms with Gasteiger partial charge in [-0.3, -0.25) is 9.78 Å². The van der Waals surface area contributed by atoms with Crippen molar-refractivity contribution in [1.82, 2.24) is 9.97 Å². The van der Waals surface area contributed by atoms with Crippen LogP contribution in [0.2, 0.25) is 0 Å². The van der Waals surface area contributed by atoms with Crippen LogP contribution in [0.15, 0.2) is 35.2 Å². The number of aromatic nitrogens is 2.